The normalized spacial score (nSPS) is 16.8. The Kier molecular flexibility index (Phi) is 12.9. The topological polar surface area (TPSA) is 97.7 Å². The zero-order valence-corrected chi connectivity index (χ0v) is 32.8. The molecule has 0 saturated carbocycles. The number of unbranched alkanes of at least 4 members (excludes halogenated alkanes) is 1. The van der Waals surface area contributed by atoms with Gasteiger partial charge in [-0.3, -0.25) is 9.11 Å². The first-order valence-electron chi connectivity index (χ1n) is 19.6. The van der Waals surface area contributed by atoms with E-state index in [4.69, 9.17) is 19.2 Å². The molecular weight excluding hydrogens is 697 g/mol. The summed E-state index contributed by atoms with van der Waals surface area (Å²) in [6.45, 7) is 14.3. The maximum atomic E-state index is 13.6. The summed E-state index contributed by atoms with van der Waals surface area (Å²) < 4.78 is 33.0. The number of hydrogen-bond donors (Lipinski definition) is 1. The summed E-state index contributed by atoms with van der Waals surface area (Å²) in [6.07, 6.45) is 9.27. The SMILES string of the molecule is CCCCOCCOc1ccc(-c2ccc3c(c2)/C=C(/c2nc4ccc(S(=O)Cc5c(C)ncn5CCC)cc4[nH]2)CCCN3CN2CCOCC2)cc1. The number of rotatable bonds is 16. The Morgan fingerprint density at radius 3 is 2.57 bits per heavy atom. The number of nitrogens with zero attached hydrogens (tertiary/aromatic N) is 5. The number of aryl methyl sites for hydroxylation is 2. The lowest BCUT2D eigenvalue weighted by Gasteiger charge is -2.36. The molecule has 1 N–H and O–H groups in total. The van der Waals surface area contributed by atoms with Crippen molar-refractivity contribution in [2.45, 2.75) is 70.1 Å². The molecule has 7 rings (SSSR count). The van der Waals surface area contributed by atoms with Crippen molar-refractivity contribution in [3.8, 4) is 16.9 Å². The van der Waals surface area contributed by atoms with E-state index in [2.05, 4.69) is 74.6 Å². The van der Waals surface area contributed by atoms with Gasteiger partial charge in [0.05, 0.1) is 71.8 Å². The predicted molar refractivity (Wildman–Crippen MR) is 218 cm³/mol. The Morgan fingerprint density at radius 1 is 0.926 bits per heavy atom. The van der Waals surface area contributed by atoms with Crippen LogP contribution in [0.1, 0.15) is 68.7 Å². The molecule has 2 aliphatic rings. The number of benzene rings is 3. The van der Waals surface area contributed by atoms with Crippen LogP contribution in [0.25, 0.3) is 33.8 Å². The highest BCUT2D eigenvalue weighted by Crippen LogP contribution is 2.35. The Labute approximate surface area is 322 Å². The first kappa shape index (κ1) is 38.0. The number of aromatic amines is 1. The minimum Gasteiger partial charge on any atom is -0.491 e. The van der Waals surface area contributed by atoms with Crippen molar-refractivity contribution < 1.29 is 18.4 Å². The molecule has 2 aromatic heterocycles. The lowest BCUT2D eigenvalue weighted by molar-refractivity contribution is 0.0379. The van der Waals surface area contributed by atoms with E-state index in [0.29, 0.717) is 19.0 Å². The molecule has 11 heteroatoms. The van der Waals surface area contributed by atoms with Gasteiger partial charge in [0.1, 0.15) is 18.2 Å². The molecule has 1 unspecified atom stereocenters. The molecule has 5 aromatic rings. The number of hydrogen-bond acceptors (Lipinski definition) is 8. The van der Waals surface area contributed by atoms with Crippen LogP contribution in [0.2, 0.25) is 0 Å². The van der Waals surface area contributed by atoms with Gasteiger partial charge in [-0.05, 0) is 103 Å². The summed E-state index contributed by atoms with van der Waals surface area (Å²) in [4.78, 5) is 19.0. The molecule has 10 nitrogen and oxygen atoms in total. The zero-order valence-electron chi connectivity index (χ0n) is 32.0. The Balaban J connectivity index is 1.15. The summed E-state index contributed by atoms with van der Waals surface area (Å²) >= 11 is 0. The quantitative estimate of drug-likeness (QED) is 0.101. The van der Waals surface area contributed by atoms with Crippen LogP contribution in [0, 0.1) is 6.92 Å². The highest BCUT2D eigenvalue weighted by atomic mass is 32.2. The minimum absolute atomic E-state index is 0.438. The number of anilines is 1. The van der Waals surface area contributed by atoms with Crippen molar-refractivity contribution in [3.63, 3.8) is 0 Å². The van der Waals surface area contributed by atoms with Gasteiger partial charge in [-0.25, -0.2) is 9.97 Å². The Bertz CT molecular complexity index is 2050. The number of aromatic nitrogens is 4. The van der Waals surface area contributed by atoms with E-state index < -0.39 is 10.8 Å². The fourth-order valence-electron chi connectivity index (χ4n) is 7.23. The molecule has 0 spiro atoms. The van der Waals surface area contributed by atoms with E-state index in [1.807, 2.05) is 43.6 Å². The van der Waals surface area contributed by atoms with Crippen molar-refractivity contribution in [2.75, 3.05) is 64.2 Å². The van der Waals surface area contributed by atoms with Crippen molar-refractivity contribution in [1.29, 1.82) is 0 Å². The fourth-order valence-corrected chi connectivity index (χ4v) is 8.48. The standard InChI is InChI=1S/C43H54N6O4S/c1-4-6-21-51-24-25-53-37-12-9-33(10-13-37)34-11-16-41-36(26-34)27-35(8-7-18-49(41)31-47-19-22-52-23-20-47)43-45-39-15-14-38(28-40(39)46-43)54(50)29-42-32(3)44-30-48(42)17-5-2/h9-16,26-28,30H,4-8,17-25,29,31H2,1-3H3,(H,45,46)/b35-27+. The molecule has 0 aliphatic carbocycles. The number of nitrogens with one attached hydrogen (secondary N) is 1. The summed E-state index contributed by atoms with van der Waals surface area (Å²) in [5, 5.41) is 0. The van der Waals surface area contributed by atoms with E-state index >= 15 is 0 Å². The number of allylic oxidation sites excluding steroid dienone is 1. The Morgan fingerprint density at radius 2 is 1.76 bits per heavy atom. The summed E-state index contributed by atoms with van der Waals surface area (Å²) in [5.41, 5.74) is 9.59. The maximum Gasteiger partial charge on any atom is 0.134 e. The molecule has 1 saturated heterocycles. The van der Waals surface area contributed by atoms with Crippen molar-refractivity contribution in [3.05, 3.63) is 89.8 Å². The van der Waals surface area contributed by atoms with Gasteiger partial charge in [0, 0.05) is 43.4 Å². The third-order valence-electron chi connectivity index (χ3n) is 10.3. The first-order chi connectivity index (χ1) is 26.5. The number of morpholine rings is 1. The van der Waals surface area contributed by atoms with Crippen LogP contribution in [0.3, 0.4) is 0 Å². The van der Waals surface area contributed by atoms with Crippen LogP contribution in [0.15, 0.2) is 71.9 Å². The molecule has 1 atom stereocenters. The van der Waals surface area contributed by atoms with Crippen LogP contribution in [-0.4, -0.2) is 88.0 Å². The summed E-state index contributed by atoms with van der Waals surface area (Å²) in [7, 11) is -1.21. The molecule has 0 amide bonds. The number of H-pyrrole nitrogens is 1. The van der Waals surface area contributed by atoms with Gasteiger partial charge in [0.2, 0.25) is 0 Å². The molecule has 2 aliphatic heterocycles. The fraction of sp³-hybridized carbons (Fsp3) is 0.442. The molecule has 54 heavy (non-hydrogen) atoms. The highest BCUT2D eigenvalue weighted by Gasteiger charge is 2.21. The van der Waals surface area contributed by atoms with E-state index in [0.717, 1.165) is 135 Å². The predicted octanol–water partition coefficient (Wildman–Crippen LogP) is 8.08. The smallest absolute Gasteiger partial charge is 0.134 e. The molecule has 0 bridgehead atoms. The van der Waals surface area contributed by atoms with E-state index in [-0.39, 0.29) is 0 Å². The average molecular weight is 751 g/mol. The van der Waals surface area contributed by atoms with Crippen LogP contribution in [-0.2, 0) is 32.6 Å². The second kappa shape index (κ2) is 18.4. The molecule has 1 fully saturated rings. The lowest BCUT2D eigenvalue weighted by Crippen LogP contribution is -2.44. The minimum atomic E-state index is -1.21. The van der Waals surface area contributed by atoms with Crippen molar-refractivity contribution in [2.24, 2.45) is 0 Å². The van der Waals surface area contributed by atoms with Crippen LogP contribution < -0.4 is 9.64 Å². The van der Waals surface area contributed by atoms with Gasteiger partial charge in [-0.15, -0.1) is 0 Å². The molecule has 3 aromatic carbocycles. The molecule has 286 valence electrons. The molecule has 4 heterocycles. The Hall–Kier alpha value is -4.29. The lowest BCUT2D eigenvalue weighted by atomic mass is 9.96. The second-order valence-corrected chi connectivity index (χ2v) is 15.7. The van der Waals surface area contributed by atoms with Crippen LogP contribution in [0.4, 0.5) is 5.69 Å². The van der Waals surface area contributed by atoms with Gasteiger partial charge in [-0.1, -0.05) is 38.5 Å². The van der Waals surface area contributed by atoms with Crippen LogP contribution in [0.5, 0.6) is 5.75 Å². The maximum absolute atomic E-state index is 13.6. The van der Waals surface area contributed by atoms with Crippen molar-refractivity contribution >= 4 is 39.2 Å². The summed E-state index contributed by atoms with van der Waals surface area (Å²) in [6, 6.07) is 21.1. The third-order valence-corrected chi connectivity index (χ3v) is 11.6. The third kappa shape index (κ3) is 9.32. The number of imidazole rings is 2. The van der Waals surface area contributed by atoms with Crippen LogP contribution >= 0.6 is 0 Å². The van der Waals surface area contributed by atoms with E-state index in [1.165, 1.54) is 16.8 Å². The summed E-state index contributed by atoms with van der Waals surface area (Å²) in [5.74, 6) is 2.15. The van der Waals surface area contributed by atoms with E-state index in [9.17, 15) is 4.21 Å². The second-order valence-electron chi connectivity index (χ2n) is 14.2. The zero-order chi connectivity index (χ0) is 37.3. The average Bonchev–Trinajstić information content (AvgIpc) is 3.77. The van der Waals surface area contributed by atoms with Crippen molar-refractivity contribution in [1.82, 2.24) is 24.4 Å². The molecule has 0 radical (unpaired) electrons. The van der Waals surface area contributed by atoms with Gasteiger partial charge in [0.15, 0.2) is 0 Å². The monoisotopic (exact) mass is 750 g/mol. The largest absolute Gasteiger partial charge is 0.491 e. The highest BCUT2D eigenvalue weighted by molar-refractivity contribution is 7.84. The first-order valence-corrected chi connectivity index (χ1v) is 20.9. The van der Waals surface area contributed by atoms with Gasteiger partial charge in [-0.2, -0.15) is 0 Å². The van der Waals surface area contributed by atoms with Gasteiger partial charge in [0.25, 0.3) is 0 Å². The molecular formula is C43H54N6O4S. The van der Waals surface area contributed by atoms with Gasteiger partial charge >= 0.3 is 0 Å². The number of ether oxygens (including phenoxy) is 3. The number of fused-ring (bicyclic) bond motifs is 2. The van der Waals surface area contributed by atoms with Gasteiger partial charge < -0.3 is 28.7 Å². The van der Waals surface area contributed by atoms with E-state index in [1.54, 1.807) is 0 Å².